The molecule has 1 saturated heterocycles. The van der Waals surface area contributed by atoms with Crippen LogP contribution in [0.25, 0.3) is 10.2 Å². The Bertz CT molecular complexity index is 612. The van der Waals surface area contributed by atoms with Crippen molar-refractivity contribution in [1.82, 2.24) is 15.6 Å². The van der Waals surface area contributed by atoms with Crippen molar-refractivity contribution in [3.8, 4) is 0 Å². The monoisotopic (exact) mass is 320 g/mol. The number of aliphatic hydroxyl groups excluding tert-OH is 1. The molecule has 0 bridgehead atoms. The van der Waals surface area contributed by atoms with Gasteiger partial charge in [0.15, 0.2) is 5.13 Å². The molecule has 3 N–H and O–H groups in total. The Balaban J connectivity index is 1.63. The van der Waals surface area contributed by atoms with E-state index in [0.29, 0.717) is 0 Å². The first-order valence-electron chi connectivity index (χ1n) is 7.52. The van der Waals surface area contributed by atoms with Gasteiger partial charge in [-0.2, -0.15) is 0 Å². The highest BCUT2D eigenvalue weighted by atomic mass is 32.1. The van der Waals surface area contributed by atoms with Crippen LogP contribution in [0.15, 0.2) is 24.3 Å². The molecule has 3 rings (SSSR count). The van der Waals surface area contributed by atoms with Crippen LogP contribution in [-0.2, 0) is 0 Å². The molecule has 2 amide bonds. The predicted molar refractivity (Wildman–Crippen MR) is 88.5 cm³/mol. The normalized spacial score (nSPS) is 18.4. The molecule has 22 heavy (non-hydrogen) atoms. The molecule has 0 spiro atoms. The zero-order valence-corrected chi connectivity index (χ0v) is 13.1. The van der Waals surface area contributed by atoms with Gasteiger partial charge in [0.25, 0.3) is 0 Å². The molecule has 0 aliphatic carbocycles. The number of benzene rings is 1. The molecule has 0 saturated carbocycles. The molecule has 118 valence electrons. The van der Waals surface area contributed by atoms with Gasteiger partial charge < -0.3 is 20.6 Å². The Morgan fingerprint density at radius 1 is 1.45 bits per heavy atom. The number of anilines is 1. The summed E-state index contributed by atoms with van der Waals surface area (Å²) in [6.45, 7) is 1.97. The topological polar surface area (TPSA) is 77.5 Å². The lowest BCUT2D eigenvalue weighted by Gasteiger charge is -2.32. The SMILES string of the molecule is O=C(NCCO)NC1CCCN(c2nc3ccccc3s2)C1. The number of piperidine rings is 1. The molecule has 1 unspecified atom stereocenters. The van der Waals surface area contributed by atoms with Crippen LogP contribution >= 0.6 is 11.3 Å². The van der Waals surface area contributed by atoms with E-state index < -0.39 is 0 Å². The van der Waals surface area contributed by atoms with Gasteiger partial charge in [-0.25, -0.2) is 9.78 Å². The summed E-state index contributed by atoms with van der Waals surface area (Å²) in [7, 11) is 0. The molecule has 1 aromatic heterocycles. The largest absolute Gasteiger partial charge is 0.395 e. The van der Waals surface area contributed by atoms with Crippen molar-refractivity contribution in [2.24, 2.45) is 0 Å². The Labute approximate surface area is 133 Å². The van der Waals surface area contributed by atoms with Gasteiger partial charge >= 0.3 is 6.03 Å². The molecular weight excluding hydrogens is 300 g/mol. The van der Waals surface area contributed by atoms with E-state index in [-0.39, 0.29) is 25.2 Å². The number of carbonyl (C=O) groups excluding carboxylic acids is 1. The summed E-state index contributed by atoms with van der Waals surface area (Å²) in [6.07, 6.45) is 1.99. The third kappa shape index (κ3) is 3.48. The Hall–Kier alpha value is -1.86. The number of aromatic nitrogens is 1. The van der Waals surface area contributed by atoms with Gasteiger partial charge in [0, 0.05) is 25.7 Å². The molecule has 1 aliphatic heterocycles. The van der Waals surface area contributed by atoms with Crippen molar-refractivity contribution in [1.29, 1.82) is 0 Å². The number of rotatable bonds is 4. The smallest absolute Gasteiger partial charge is 0.315 e. The van der Waals surface area contributed by atoms with Crippen LogP contribution in [0.1, 0.15) is 12.8 Å². The van der Waals surface area contributed by atoms with Gasteiger partial charge in [-0.1, -0.05) is 23.5 Å². The summed E-state index contributed by atoms with van der Waals surface area (Å²) in [6, 6.07) is 8.02. The Morgan fingerprint density at radius 2 is 2.32 bits per heavy atom. The number of hydrogen-bond donors (Lipinski definition) is 3. The first-order chi connectivity index (χ1) is 10.8. The van der Waals surface area contributed by atoms with Crippen LogP contribution in [0.3, 0.4) is 0 Å². The van der Waals surface area contributed by atoms with E-state index >= 15 is 0 Å². The molecule has 1 fully saturated rings. The molecule has 1 atom stereocenters. The number of fused-ring (bicyclic) bond motifs is 1. The second kappa shape index (κ2) is 6.93. The predicted octanol–water partition coefficient (Wildman–Crippen LogP) is 1.56. The lowest BCUT2D eigenvalue weighted by atomic mass is 10.1. The Kier molecular flexibility index (Phi) is 4.74. The lowest BCUT2D eigenvalue weighted by molar-refractivity contribution is 0.229. The number of aliphatic hydroxyl groups is 1. The number of carbonyl (C=O) groups is 1. The highest BCUT2D eigenvalue weighted by Crippen LogP contribution is 2.30. The zero-order chi connectivity index (χ0) is 15.4. The van der Waals surface area contributed by atoms with E-state index in [0.717, 1.165) is 36.6 Å². The van der Waals surface area contributed by atoms with Crippen molar-refractivity contribution in [3.63, 3.8) is 0 Å². The number of amides is 2. The minimum Gasteiger partial charge on any atom is -0.395 e. The van der Waals surface area contributed by atoms with E-state index in [2.05, 4.69) is 26.6 Å². The minimum absolute atomic E-state index is 0.0457. The van der Waals surface area contributed by atoms with Gasteiger partial charge in [0.2, 0.25) is 0 Å². The number of urea groups is 1. The van der Waals surface area contributed by atoms with Crippen molar-refractivity contribution in [3.05, 3.63) is 24.3 Å². The van der Waals surface area contributed by atoms with Crippen LogP contribution in [0.5, 0.6) is 0 Å². The zero-order valence-electron chi connectivity index (χ0n) is 12.3. The fourth-order valence-electron chi connectivity index (χ4n) is 2.67. The maximum absolute atomic E-state index is 11.7. The highest BCUT2D eigenvalue weighted by molar-refractivity contribution is 7.22. The third-order valence-corrected chi connectivity index (χ3v) is 4.80. The van der Waals surface area contributed by atoms with Gasteiger partial charge in [-0.3, -0.25) is 0 Å². The molecule has 1 aromatic carbocycles. The summed E-state index contributed by atoms with van der Waals surface area (Å²) in [5, 5.41) is 15.3. The number of nitrogens with zero attached hydrogens (tertiary/aromatic N) is 2. The average Bonchev–Trinajstić information content (AvgIpc) is 2.97. The third-order valence-electron chi connectivity index (χ3n) is 3.71. The molecule has 0 radical (unpaired) electrons. The number of hydrogen-bond acceptors (Lipinski definition) is 5. The standard InChI is InChI=1S/C15H20N4O2S/c20-9-7-16-14(21)17-11-4-3-8-19(10-11)15-18-12-5-1-2-6-13(12)22-15/h1-2,5-6,11,20H,3-4,7-10H2,(H2,16,17,21). The van der Waals surface area contributed by atoms with Crippen molar-refractivity contribution >= 4 is 32.7 Å². The van der Waals surface area contributed by atoms with E-state index in [1.807, 2.05) is 18.2 Å². The van der Waals surface area contributed by atoms with Gasteiger partial charge in [-0.15, -0.1) is 0 Å². The summed E-state index contributed by atoms with van der Waals surface area (Å²) in [5.41, 5.74) is 1.03. The molecule has 7 heteroatoms. The lowest BCUT2D eigenvalue weighted by Crippen LogP contribution is -2.50. The van der Waals surface area contributed by atoms with E-state index in [1.165, 1.54) is 4.70 Å². The highest BCUT2D eigenvalue weighted by Gasteiger charge is 2.23. The minimum atomic E-state index is -0.217. The second-order valence-electron chi connectivity index (χ2n) is 5.37. The second-order valence-corrected chi connectivity index (χ2v) is 6.38. The fraction of sp³-hybridized carbons (Fsp3) is 0.467. The van der Waals surface area contributed by atoms with Crippen LogP contribution in [0, 0.1) is 0 Å². The quantitative estimate of drug-likeness (QED) is 0.799. The number of para-hydroxylation sites is 1. The van der Waals surface area contributed by atoms with Gasteiger partial charge in [0.1, 0.15) is 0 Å². The number of nitrogens with one attached hydrogen (secondary N) is 2. The Morgan fingerprint density at radius 3 is 3.14 bits per heavy atom. The maximum Gasteiger partial charge on any atom is 0.315 e. The summed E-state index contributed by atoms with van der Waals surface area (Å²) < 4.78 is 1.19. The molecular formula is C15H20N4O2S. The average molecular weight is 320 g/mol. The summed E-state index contributed by atoms with van der Waals surface area (Å²) in [5.74, 6) is 0. The first kappa shape index (κ1) is 15.1. The van der Waals surface area contributed by atoms with Crippen LogP contribution in [-0.4, -0.2) is 48.4 Å². The maximum atomic E-state index is 11.7. The summed E-state index contributed by atoms with van der Waals surface area (Å²) in [4.78, 5) is 18.6. The van der Waals surface area contributed by atoms with Crippen molar-refractivity contribution in [2.75, 3.05) is 31.1 Å². The van der Waals surface area contributed by atoms with Crippen molar-refractivity contribution < 1.29 is 9.90 Å². The molecule has 1 aliphatic rings. The summed E-state index contributed by atoms with van der Waals surface area (Å²) >= 11 is 1.69. The molecule has 2 aromatic rings. The first-order valence-corrected chi connectivity index (χ1v) is 8.33. The van der Waals surface area contributed by atoms with Crippen LogP contribution < -0.4 is 15.5 Å². The number of thiazole rings is 1. The fourth-order valence-corrected chi connectivity index (χ4v) is 3.67. The molecule has 2 heterocycles. The van der Waals surface area contributed by atoms with Crippen molar-refractivity contribution in [2.45, 2.75) is 18.9 Å². The molecule has 6 nitrogen and oxygen atoms in total. The van der Waals surface area contributed by atoms with E-state index in [9.17, 15) is 4.79 Å². The van der Waals surface area contributed by atoms with Gasteiger partial charge in [0.05, 0.1) is 16.8 Å². The van der Waals surface area contributed by atoms with Crippen LogP contribution in [0.4, 0.5) is 9.93 Å². The van der Waals surface area contributed by atoms with E-state index in [1.54, 1.807) is 11.3 Å². The van der Waals surface area contributed by atoms with Gasteiger partial charge in [-0.05, 0) is 25.0 Å². The van der Waals surface area contributed by atoms with E-state index in [4.69, 9.17) is 5.11 Å². The van der Waals surface area contributed by atoms with Crippen LogP contribution in [0.2, 0.25) is 0 Å².